The van der Waals surface area contributed by atoms with E-state index in [2.05, 4.69) is 15.2 Å². The quantitative estimate of drug-likeness (QED) is 0.308. The first-order valence-electron chi connectivity index (χ1n) is 9.09. The van der Waals surface area contributed by atoms with Gasteiger partial charge >= 0.3 is 0 Å². The minimum Gasteiger partial charge on any atom is -0.497 e. The average molecular weight is 440 g/mol. The Balaban J connectivity index is 1.92. The van der Waals surface area contributed by atoms with Gasteiger partial charge in [0.05, 0.1) is 23.9 Å². The van der Waals surface area contributed by atoms with Crippen molar-refractivity contribution >= 4 is 33.3 Å². The maximum Gasteiger partial charge on any atom is 0.270 e. The molecule has 2 N–H and O–H groups in total. The molecule has 0 radical (unpaired) electrons. The minimum absolute atomic E-state index is 0.0931. The number of sulfonamides is 1. The van der Waals surface area contributed by atoms with Crippen LogP contribution in [-0.2, 0) is 10.0 Å². The summed E-state index contributed by atoms with van der Waals surface area (Å²) in [5, 5.41) is 15.3. The van der Waals surface area contributed by atoms with E-state index in [-0.39, 0.29) is 22.0 Å². The topological polar surface area (TPSA) is 123 Å². The second kappa shape index (κ2) is 9.26. The molecule has 3 aromatic carbocycles. The van der Waals surface area contributed by atoms with Gasteiger partial charge in [-0.15, -0.1) is 0 Å². The van der Waals surface area contributed by atoms with Crippen LogP contribution in [0.15, 0.2) is 76.7 Å². The number of hydrogen-bond donors (Lipinski definition) is 2. The summed E-state index contributed by atoms with van der Waals surface area (Å²) in [5.74, 6) is 0.561. The van der Waals surface area contributed by atoms with Crippen LogP contribution in [0.2, 0.25) is 0 Å². The summed E-state index contributed by atoms with van der Waals surface area (Å²) in [5.41, 5.74) is 4.54. The van der Waals surface area contributed by atoms with Crippen LogP contribution in [0.1, 0.15) is 11.1 Å². The van der Waals surface area contributed by atoms with E-state index < -0.39 is 14.9 Å². The van der Waals surface area contributed by atoms with Crippen molar-refractivity contribution in [1.29, 1.82) is 0 Å². The Morgan fingerprint density at radius 2 is 1.81 bits per heavy atom. The van der Waals surface area contributed by atoms with Gasteiger partial charge in [-0.05, 0) is 42.8 Å². The highest BCUT2D eigenvalue weighted by Gasteiger charge is 2.22. The third-order valence-electron chi connectivity index (χ3n) is 4.25. The molecule has 0 fully saturated rings. The maximum absolute atomic E-state index is 13.0. The fraction of sp³-hybridized carbons (Fsp3) is 0.0952. The molecule has 0 spiro atoms. The molecule has 0 amide bonds. The van der Waals surface area contributed by atoms with Gasteiger partial charge in [0, 0.05) is 17.8 Å². The Morgan fingerprint density at radius 1 is 1.06 bits per heavy atom. The van der Waals surface area contributed by atoms with Crippen molar-refractivity contribution in [3.05, 3.63) is 88.0 Å². The van der Waals surface area contributed by atoms with E-state index in [9.17, 15) is 18.5 Å². The van der Waals surface area contributed by atoms with Crippen LogP contribution in [0, 0.1) is 17.0 Å². The van der Waals surface area contributed by atoms with E-state index in [4.69, 9.17) is 4.74 Å². The molecule has 0 aliphatic heterocycles. The molecule has 31 heavy (non-hydrogen) atoms. The summed E-state index contributed by atoms with van der Waals surface area (Å²) in [6.45, 7) is 1.94. The summed E-state index contributed by atoms with van der Waals surface area (Å²) < 4.78 is 33.4. The third-order valence-corrected chi connectivity index (χ3v) is 5.67. The molecule has 0 saturated carbocycles. The minimum atomic E-state index is -4.15. The van der Waals surface area contributed by atoms with Crippen molar-refractivity contribution in [3.63, 3.8) is 0 Å². The van der Waals surface area contributed by atoms with Gasteiger partial charge in [-0.25, -0.2) is 8.42 Å². The Morgan fingerprint density at radius 3 is 2.45 bits per heavy atom. The van der Waals surface area contributed by atoms with E-state index in [1.165, 1.54) is 37.6 Å². The van der Waals surface area contributed by atoms with E-state index in [0.29, 0.717) is 5.75 Å². The van der Waals surface area contributed by atoms with E-state index >= 15 is 0 Å². The molecule has 3 aromatic rings. The molecule has 0 atom stereocenters. The van der Waals surface area contributed by atoms with Gasteiger partial charge in [0.25, 0.3) is 15.7 Å². The molecular weight excluding hydrogens is 420 g/mol. The van der Waals surface area contributed by atoms with Gasteiger partial charge < -0.3 is 4.74 Å². The lowest BCUT2D eigenvalue weighted by Gasteiger charge is -2.12. The molecule has 0 aliphatic rings. The van der Waals surface area contributed by atoms with Gasteiger partial charge in [0.2, 0.25) is 0 Å². The maximum atomic E-state index is 13.0. The fourth-order valence-electron chi connectivity index (χ4n) is 2.74. The number of anilines is 2. The van der Waals surface area contributed by atoms with Crippen molar-refractivity contribution < 1.29 is 18.1 Å². The molecule has 0 aliphatic carbocycles. The fourth-order valence-corrected chi connectivity index (χ4v) is 3.97. The molecule has 3 rings (SSSR count). The van der Waals surface area contributed by atoms with Crippen LogP contribution >= 0.6 is 0 Å². The number of nitro groups is 1. The van der Waals surface area contributed by atoms with Crippen molar-refractivity contribution in [2.75, 3.05) is 17.3 Å². The van der Waals surface area contributed by atoms with Crippen molar-refractivity contribution in [2.45, 2.75) is 11.8 Å². The zero-order valence-corrected chi connectivity index (χ0v) is 17.6. The Bertz CT molecular complexity index is 1220. The second-order valence-corrected chi connectivity index (χ2v) is 8.21. The van der Waals surface area contributed by atoms with Crippen LogP contribution in [0.3, 0.4) is 0 Å². The predicted octanol–water partition coefficient (Wildman–Crippen LogP) is 4.16. The molecule has 0 aromatic heterocycles. The lowest BCUT2D eigenvalue weighted by molar-refractivity contribution is -0.385. The zero-order valence-electron chi connectivity index (χ0n) is 16.8. The van der Waals surface area contributed by atoms with Crippen molar-refractivity contribution in [3.8, 4) is 5.75 Å². The number of nitrogens with zero attached hydrogens (tertiary/aromatic N) is 2. The summed E-state index contributed by atoms with van der Waals surface area (Å²) >= 11 is 0. The third kappa shape index (κ3) is 5.58. The highest BCUT2D eigenvalue weighted by Crippen LogP contribution is 2.28. The van der Waals surface area contributed by atoms with Crippen LogP contribution in [-0.4, -0.2) is 26.7 Å². The zero-order chi connectivity index (χ0) is 22.4. The summed E-state index contributed by atoms with van der Waals surface area (Å²) in [6.07, 6.45) is 1.53. The molecule has 0 saturated heterocycles. The van der Waals surface area contributed by atoms with Gasteiger partial charge in [-0.2, -0.15) is 5.10 Å². The number of hydrogen-bond acceptors (Lipinski definition) is 7. The largest absolute Gasteiger partial charge is 0.497 e. The number of aryl methyl sites for hydroxylation is 1. The first-order valence-corrected chi connectivity index (χ1v) is 10.6. The van der Waals surface area contributed by atoms with Crippen molar-refractivity contribution in [1.82, 2.24) is 0 Å². The Labute approximate surface area is 179 Å². The monoisotopic (exact) mass is 440 g/mol. The van der Waals surface area contributed by atoms with Gasteiger partial charge in [-0.1, -0.05) is 29.8 Å². The number of nitro benzene ring substituents is 1. The summed E-state index contributed by atoms with van der Waals surface area (Å²) in [4.78, 5) is 10.2. The highest BCUT2D eigenvalue weighted by molar-refractivity contribution is 7.92. The van der Waals surface area contributed by atoms with E-state index in [0.717, 1.165) is 17.2 Å². The average Bonchev–Trinajstić information content (AvgIpc) is 2.74. The number of ether oxygens (including phenoxy) is 1. The standard InChI is InChI=1S/C21H20N4O5S/c1-15-4-3-5-16(12-15)14-22-23-20-11-8-18(25(26)27)13-21(20)31(28,29)24-17-6-9-19(30-2)10-7-17/h3-14,23-24H,1-2H3/b22-14+. The van der Waals surface area contributed by atoms with Gasteiger partial charge in [-0.3, -0.25) is 20.3 Å². The van der Waals surface area contributed by atoms with Crippen LogP contribution < -0.4 is 14.9 Å². The number of benzene rings is 3. The number of rotatable bonds is 8. The Kier molecular flexibility index (Phi) is 6.51. The Hall–Kier alpha value is -3.92. The molecular formula is C21H20N4O5S. The first kappa shape index (κ1) is 21.8. The number of nitrogens with one attached hydrogen (secondary N) is 2. The number of hydrazone groups is 1. The lowest BCUT2D eigenvalue weighted by atomic mass is 10.2. The number of non-ortho nitro benzene ring substituents is 1. The molecule has 160 valence electrons. The first-order chi connectivity index (χ1) is 14.8. The SMILES string of the molecule is COc1ccc(NS(=O)(=O)c2cc([N+](=O)[O-])ccc2N/N=C/c2cccc(C)c2)cc1. The second-order valence-electron chi connectivity index (χ2n) is 6.56. The van der Waals surface area contributed by atoms with E-state index in [1.54, 1.807) is 12.1 Å². The molecule has 0 bridgehead atoms. The smallest absolute Gasteiger partial charge is 0.270 e. The number of methoxy groups -OCH3 is 1. The van der Waals surface area contributed by atoms with E-state index in [1.807, 2.05) is 31.2 Å². The van der Waals surface area contributed by atoms with Crippen molar-refractivity contribution in [2.24, 2.45) is 5.10 Å². The van der Waals surface area contributed by atoms with Gasteiger partial charge in [0.15, 0.2) is 0 Å². The molecule has 10 heteroatoms. The lowest BCUT2D eigenvalue weighted by Crippen LogP contribution is -2.15. The van der Waals surface area contributed by atoms with Crippen LogP contribution in [0.4, 0.5) is 17.1 Å². The highest BCUT2D eigenvalue weighted by atomic mass is 32.2. The van der Waals surface area contributed by atoms with Crippen LogP contribution in [0.25, 0.3) is 0 Å². The summed E-state index contributed by atoms with van der Waals surface area (Å²) in [7, 11) is -2.66. The summed E-state index contributed by atoms with van der Waals surface area (Å²) in [6, 6.07) is 17.3. The molecule has 9 nitrogen and oxygen atoms in total. The van der Waals surface area contributed by atoms with Gasteiger partial charge in [0.1, 0.15) is 10.6 Å². The predicted molar refractivity (Wildman–Crippen MR) is 119 cm³/mol. The molecule has 0 unspecified atom stereocenters. The molecule has 0 heterocycles. The van der Waals surface area contributed by atoms with Crippen LogP contribution in [0.5, 0.6) is 5.75 Å². The normalized spacial score (nSPS) is 11.3.